The lowest BCUT2D eigenvalue weighted by Gasteiger charge is -2.15. The summed E-state index contributed by atoms with van der Waals surface area (Å²) in [6.45, 7) is 7.48. The molecule has 1 atom stereocenters. The molecule has 2 aromatic carbocycles. The van der Waals surface area contributed by atoms with Crippen molar-refractivity contribution in [1.29, 1.82) is 0 Å². The molecule has 1 heterocycles. The third kappa shape index (κ3) is 3.07. The van der Waals surface area contributed by atoms with E-state index in [0.29, 0.717) is 10.7 Å². The molecule has 0 fully saturated rings. The van der Waals surface area contributed by atoms with E-state index in [9.17, 15) is 8.42 Å². The molecule has 0 radical (unpaired) electrons. The highest BCUT2D eigenvalue weighted by Gasteiger charge is 2.22. The van der Waals surface area contributed by atoms with Crippen LogP contribution in [0.2, 0.25) is 0 Å². The Hall–Kier alpha value is -2.18. The molecule has 6 heteroatoms. The highest BCUT2D eigenvalue weighted by atomic mass is 32.2. The lowest BCUT2D eigenvalue weighted by Crippen LogP contribution is -2.28. The van der Waals surface area contributed by atoms with Crippen LogP contribution in [0.15, 0.2) is 41.3 Å². The van der Waals surface area contributed by atoms with E-state index in [1.54, 1.807) is 13.0 Å². The Morgan fingerprint density at radius 2 is 1.71 bits per heavy atom. The van der Waals surface area contributed by atoms with Gasteiger partial charge in [0, 0.05) is 0 Å². The number of aryl methyl sites for hydroxylation is 3. The van der Waals surface area contributed by atoms with E-state index < -0.39 is 16.1 Å². The van der Waals surface area contributed by atoms with Crippen molar-refractivity contribution < 1.29 is 8.42 Å². The normalized spacial score (nSPS) is 13.3. The summed E-state index contributed by atoms with van der Waals surface area (Å²) in [6, 6.07) is 10.8. The van der Waals surface area contributed by atoms with Gasteiger partial charge in [-0.2, -0.15) is 0 Å². The second-order valence-electron chi connectivity index (χ2n) is 6.18. The van der Waals surface area contributed by atoms with E-state index in [-0.39, 0.29) is 0 Å². The zero-order valence-electron chi connectivity index (χ0n) is 14.2. The minimum atomic E-state index is -3.63. The van der Waals surface area contributed by atoms with E-state index in [1.807, 2.05) is 51.1 Å². The molecule has 0 aliphatic heterocycles. The molecule has 0 aliphatic rings. The number of aromatic amines is 1. The Bertz CT molecular complexity index is 973. The van der Waals surface area contributed by atoms with Gasteiger partial charge in [-0.15, -0.1) is 0 Å². The maximum atomic E-state index is 12.8. The van der Waals surface area contributed by atoms with Gasteiger partial charge < -0.3 is 4.98 Å². The van der Waals surface area contributed by atoms with Gasteiger partial charge in [0.2, 0.25) is 10.0 Å². The van der Waals surface area contributed by atoms with Gasteiger partial charge in [0.15, 0.2) is 0 Å². The third-order valence-corrected chi connectivity index (χ3v) is 5.91. The summed E-state index contributed by atoms with van der Waals surface area (Å²) in [7, 11) is -3.63. The topological polar surface area (TPSA) is 74.8 Å². The lowest BCUT2D eigenvalue weighted by molar-refractivity contribution is 0.561. The Labute approximate surface area is 142 Å². The van der Waals surface area contributed by atoms with Crippen LogP contribution in [0, 0.1) is 20.8 Å². The van der Waals surface area contributed by atoms with Crippen molar-refractivity contribution in [2.24, 2.45) is 0 Å². The Kier molecular flexibility index (Phi) is 4.19. The van der Waals surface area contributed by atoms with Crippen molar-refractivity contribution in [1.82, 2.24) is 14.7 Å². The predicted molar refractivity (Wildman–Crippen MR) is 95.5 cm³/mol. The minimum Gasteiger partial charge on any atom is -0.341 e. The van der Waals surface area contributed by atoms with E-state index >= 15 is 0 Å². The van der Waals surface area contributed by atoms with Crippen LogP contribution in [0.4, 0.5) is 0 Å². The number of nitrogens with zero attached hydrogens (tertiary/aromatic N) is 1. The number of H-pyrrole nitrogens is 1. The number of hydrogen-bond donors (Lipinski definition) is 2. The molecule has 1 aromatic heterocycles. The van der Waals surface area contributed by atoms with Crippen molar-refractivity contribution in [3.63, 3.8) is 0 Å². The smallest absolute Gasteiger partial charge is 0.241 e. The van der Waals surface area contributed by atoms with Crippen molar-refractivity contribution in [3.05, 3.63) is 58.9 Å². The first kappa shape index (κ1) is 16.7. The zero-order chi connectivity index (χ0) is 17.5. The van der Waals surface area contributed by atoms with Crippen molar-refractivity contribution in [2.75, 3.05) is 0 Å². The summed E-state index contributed by atoms with van der Waals surface area (Å²) in [5.74, 6) is 0.598. The van der Waals surface area contributed by atoms with Crippen LogP contribution in [0.5, 0.6) is 0 Å². The molecular formula is C18H21N3O2S. The summed E-state index contributed by atoms with van der Waals surface area (Å²) in [4.78, 5) is 7.94. The fourth-order valence-electron chi connectivity index (χ4n) is 2.75. The first-order chi connectivity index (χ1) is 11.3. The molecule has 0 saturated carbocycles. The van der Waals surface area contributed by atoms with Crippen LogP contribution in [0.1, 0.15) is 35.5 Å². The lowest BCUT2D eigenvalue weighted by atomic mass is 10.1. The van der Waals surface area contributed by atoms with E-state index in [2.05, 4.69) is 14.7 Å². The summed E-state index contributed by atoms with van der Waals surface area (Å²) >= 11 is 0. The van der Waals surface area contributed by atoms with Gasteiger partial charge in [-0.25, -0.2) is 18.1 Å². The molecule has 0 unspecified atom stereocenters. The average Bonchev–Trinajstić information content (AvgIpc) is 2.94. The Morgan fingerprint density at radius 3 is 2.42 bits per heavy atom. The molecule has 3 rings (SSSR count). The van der Waals surface area contributed by atoms with Crippen LogP contribution < -0.4 is 4.72 Å². The van der Waals surface area contributed by atoms with Crippen molar-refractivity contribution >= 4 is 21.1 Å². The summed E-state index contributed by atoms with van der Waals surface area (Å²) < 4.78 is 28.2. The number of fused-ring (bicyclic) bond motifs is 1. The fraction of sp³-hybridized carbons (Fsp3) is 0.278. The van der Waals surface area contributed by atoms with Crippen molar-refractivity contribution in [3.8, 4) is 0 Å². The molecule has 0 saturated heterocycles. The van der Waals surface area contributed by atoms with Crippen LogP contribution in [-0.2, 0) is 10.0 Å². The van der Waals surface area contributed by atoms with Gasteiger partial charge >= 0.3 is 0 Å². The molecule has 24 heavy (non-hydrogen) atoms. The fourth-order valence-corrected chi connectivity index (χ4v) is 4.27. The van der Waals surface area contributed by atoms with Gasteiger partial charge in [-0.1, -0.05) is 18.2 Å². The quantitative estimate of drug-likeness (QED) is 0.761. The Morgan fingerprint density at radius 1 is 1.04 bits per heavy atom. The van der Waals surface area contributed by atoms with E-state index in [4.69, 9.17) is 0 Å². The highest BCUT2D eigenvalue weighted by Crippen LogP contribution is 2.22. The summed E-state index contributed by atoms with van der Waals surface area (Å²) in [5, 5.41) is 0. The molecule has 0 amide bonds. The van der Waals surface area contributed by atoms with Gasteiger partial charge in [-0.05, 0) is 62.6 Å². The van der Waals surface area contributed by atoms with Gasteiger partial charge in [0.25, 0.3) is 0 Å². The molecule has 0 spiro atoms. The van der Waals surface area contributed by atoms with Crippen LogP contribution >= 0.6 is 0 Å². The summed E-state index contributed by atoms with van der Waals surface area (Å²) in [6.07, 6.45) is 0. The highest BCUT2D eigenvalue weighted by molar-refractivity contribution is 7.89. The molecule has 126 valence electrons. The number of aromatic nitrogens is 2. The standard InChI is InChI=1S/C18H21N3O2S/c1-11-9-13(3)17(10-12(11)2)24(22,23)21-14(4)18-19-15-7-5-6-8-16(15)20-18/h5-10,14,21H,1-4H3,(H,19,20)/t14-/m1/s1. The maximum Gasteiger partial charge on any atom is 0.241 e. The SMILES string of the molecule is Cc1cc(C)c(S(=O)(=O)N[C@H](C)c2nc3ccccc3[nH]2)cc1C. The Balaban J connectivity index is 1.92. The van der Waals surface area contributed by atoms with Crippen LogP contribution in [0.3, 0.4) is 0 Å². The van der Waals surface area contributed by atoms with E-state index in [1.165, 1.54) is 0 Å². The average molecular weight is 343 g/mol. The maximum absolute atomic E-state index is 12.8. The summed E-state index contributed by atoms with van der Waals surface area (Å²) in [5.41, 5.74) is 4.48. The zero-order valence-corrected chi connectivity index (χ0v) is 15.0. The van der Waals surface area contributed by atoms with Gasteiger partial charge in [0.05, 0.1) is 22.0 Å². The first-order valence-corrected chi connectivity index (χ1v) is 9.31. The number of sulfonamides is 1. The monoisotopic (exact) mass is 343 g/mol. The first-order valence-electron chi connectivity index (χ1n) is 7.83. The number of benzene rings is 2. The van der Waals surface area contributed by atoms with Crippen molar-refractivity contribution in [2.45, 2.75) is 38.6 Å². The van der Waals surface area contributed by atoms with Crippen LogP contribution in [-0.4, -0.2) is 18.4 Å². The number of nitrogens with one attached hydrogen (secondary N) is 2. The van der Waals surface area contributed by atoms with E-state index in [0.717, 1.165) is 27.7 Å². The number of rotatable bonds is 4. The third-order valence-electron chi connectivity index (χ3n) is 4.23. The van der Waals surface area contributed by atoms with Gasteiger partial charge in [0.1, 0.15) is 5.82 Å². The predicted octanol–water partition coefficient (Wildman–Crippen LogP) is 3.53. The number of imidazole rings is 1. The molecule has 2 N–H and O–H groups in total. The largest absolute Gasteiger partial charge is 0.341 e. The molecule has 5 nitrogen and oxygen atoms in total. The molecule has 3 aromatic rings. The number of hydrogen-bond acceptors (Lipinski definition) is 3. The van der Waals surface area contributed by atoms with Crippen LogP contribution in [0.25, 0.3) is 11.0 Å². The molecular weight excluding hydrogens is 322 g/mol. The minimum absolute atomic E-state index is 0.313. The molecule has 0 aliphatic carbocycles. The molecule has 0 bridgehead atoms. The second kappa shape index (κ2) is 6.03. The number of para-hydroxylation sites is 2. The second-order valence-corrected chi connectivity index (χ2v) is 7.87. The van der Waals surface area contributed by atoms with Gasteiger partial charge in [-0.3, -0.25) is 0 Å².